The van der Waals surface area contributed by atoms with E-state index < -0.39 is 11.4 Å². The summed E-state index contributed by atoms with van der Waals surface area (Å²) in [5.74, 6) is -0.558. The van der Waals surface area contributed by atoms with E-state index in [4.69, 9.17) is 9.72 Å². The summed E-state index contributed by atoms with van der Waals surface area (Å²) in [4.78, 5) is 34.5. The summed E-state index contributed by atoms with van der Waals surface area (Å²) in [6.07, 6.45) is 5.79. The number of ether oxygens (including phenoxy) is 1. The lowest BCUT2D eigenvalue weighted by Crippen LogP contribution is -2.57. The van der Waals surface area contributed by atoms with Gasteiger partial charge in [-0.3, -0.25) is 9.59 Å². The Morgan fingerprint density at radius 3 is 2.44 bits per heavy atom. The topological polar surface area (TPSA) is 71.5 Å². The molecule has 4 aromatic rings. The fourth-order valence-corrected chi connectivity index (χ4v) is 6.71. The predicted octanol–water partition coefficient (Wildman–Crippen LogP) is 6.51. The Kier molecular flexibility index (Phi) is 8.79. The molecule has 3 aromatic carbocycles. The smallest absolute Gasteiger partial charge is 0.252 e. The van der Waals surface area contributed by atoms with Crippen LogP contribution in [0.2, 0.25) is 0 Å². The van der Waals surface area contributed by atoms with Crippen LogP contribution in [0.25, 0.3) is 22.2 Å². The molecule has 0 radical (unpaired) electrons. The number of hydrogen-bond donors (Lipinski definition) is 1. The zero-order valence-electron chi connectivity index (χ0n) is 24.5. The van der Waals surface area contributed by atoms with E-state index in [2.05, 4.69) is 17.4 Å². The lowest BCUT2D eigenvalue weighted by atomic mass is 9.78. The number of nitrogens with zero attached hydrogens (tertiary/aromatic N) is 2. The molecule has 2 fully saturated rings. The van der Waals surface area contributed by atoms with Crippen LogP contribution < -0.4 is 5.32 Å². The van der Waals surface area contributed by atoms with Gasteiger partial charge in [0, 0.05) is 43.7 Å². The molecule has 0 spiro atoms. The molecule has 2 aliphatic rings. The van der Waals surface area contributed by atoms with Gasteiger partial charge in [-0.25, -0.2) is 9.37 Å². The zero-order chi connectivity index (χ0) is 29.6. The number of aromatic nitrogens is 1. The number of rotatable bonds is 9. The maximum atomic E-state index is 15.4. The first-order valence-corrected chi connectivity index (χ1v) is 15.4. The monoisotopic (exact) mass is 579 g/mol. The van der Waals surface area contributed by atoms with Crippen LogP contribution >= 0.6 is 0 Å². The van der Waals surface area contributed by atoms with Crippen molar-refractivity contribution in [3.05, 3.63) is 101 Å². The molecule has 222 valence electrons. The minimum Gasteiger partial charge on any atom is -0.381 e. The van der Waals surface area contributed by atoms with Gasteiger partial charge in [0.05, 0.1) is 16.8 Å². The van der Waals surface area contributed by atoms with Gasteiger partial charge in [0.1, 0.15) is 11.3 Å². The zero-order valence-corrected chi connectivity index (χ0v) is 24.5. The van der Waals surface area contributed by atoms with Crippen LogP contribution in [-0.2, 0) is 22.4 Å². The predicted molar refractivity (Wildman–Crippen MR) is 166 cm³/mol. The molecule has 6 nitrogen and oxygen atoms in total. The number of amides is 2. The summed E-state index contributed by atoms with van der Waals surface area (Å²) in [7, 11) is 0. The van der Waals surface area contributed by atoms with Crippen LogP contribution in [0.4, 0.5) is 4.39 Å². The maximum absolute atomic E-state index is 15.4. The standard InChI is InChI=1S/C36H38FN3O3/c37-30-17-9-16-28-32(35(42)38-21-10-13-26-11-3-1-4-12-26)29(33(39-34(28)30)27-14-5-2-6-15-27)25-36(19-23-43-24-20-36)40-22-8-7-18-31(40)41/h1-6,9,11-12,14-17H,7-8,10,13,18-25H2,(H,38,42). The van der Waals surface area contributed by atoms with Gasteiger partial charge in [0.25, 0.3) is 5.91 Å². The summed E-state index contributed by atoms with van der Waals surface area (Å²) in [6, 6.07) is 24.7. The number of likely N-dealkylation sites (tertiary alicyclic amines) is 1. The summed E-state index contributed by atoms with van der Waals surface area (Å²) in [5, 5.41) is 3.63. The second-order valence-corrected chi connectivity index (χ2v) is 11.7. The van der Waals surface area contributed by atoms with Crippen LogP contribution in [0.3, 0.4) is 0 Å². The summed E-state index contributed by atoms with van der Waals surface area (Å²) in [5.41, 5.74) is 3.48. The summed E-state index contributed by atoms with van der Waals surface area (Å²) in [6.45, 7) is 2.26. The van der Waals surface area contributed by atoms with Gasteiger partial charge in [-0.2, -0.15) is 0 Å². The number of aryl methyl sites for hydroxylation is 1. The number of benzene rings is 3. The van der Waals surface area contributed by atoms with E-state index in [0.717, 1.165) is 36.8 Å². The molecule has 6 rings (SSSR count). The van der Waals surface area contributed by atoms with Crippen molar-refractivity contribution >= 4 is 22.7 Å². The Hall–Kier alpha value is -4.10. The van der Waals surface area contributed by atoms with E-state index in [1.807, 2.05) is 53.4 Å². The highest BCUT2D eigenvalue weighted by Gasteiger charge is 2.43. The number of carbonyl (C=O) groups is 2. The van der Waals surface area contributed by atoms with Gasteiger partial charge >= 0.3 is 0 Å². The summed E-state index contributed by atoms with van der Waals surface area (Å²) >= 11 is 0. The van der Waals surface area contributed by atoms with E-state index in [1.165, 1.54) is 11.6 Å². The highest BCUT2D eigenvalue weighted by molar-refractivity contribution is 6.09. The molecule has 1 N–H and O–H groups in total. The number of piperidine rings is 1. The number of para-hydroxylation sites is 1. The summed E-state index contributed by atoms with van der Waals surface area (Å²) < 4.78 is 21.2. The van der Waals surface area contributed by atoms with E-state index in [1.54, 1.807) is 12.1 Å². The van der Waals surface area contributed by atoms with Crippen molar-refractivity contribution in [2.75, 3.05) is 26.3 Å². The lowest BCUT2D eigenvalue weighted by Gasteiger charge is -2.48. The third kappa shape index (κ3) is 6.18. The van der Waals surface area contributed by atoms with Crippen molar-refractivity contribution in [3.8, 4) is 11.3 Å². The molecule has 7 heteroatoms. The largest absolute Gasteiger partial charge is 0.381 e. The first kappa shape index (κ1) is 29.0. The molecule has 0 unspecified atom stereocenters. The van der Waals surface area contributed by atoms with Crippen molar-refractivity contribution in [3.63, 3.8) is 0 Å². The molecule has 3 heterocycles. The average molecular weight is 580 g/mol. The molecule has 0 atom stereocenters. The van der Waals surface area contributed by atoms with Crippen molar-refractivity contribution in [2.24, 2.45) is 0 Å². The number of carbonyl (C=O) groups excluding carboxylic acids is 2. The number of pyridine rings is 1. The van der Waals surface area contributed by atoms with Gasteiger partial charge < -0.3 is 15.0 Å². The fourth-order valence-electron chi connectivity index (χ4n) is 6.71. The van der Waals surface area contributed by atoms with Crippen LogP contribution in [0.5, 0.6) is 0 Å². The fraction of sp³-hybridized carbons (Fsp3) is 0.361. The Labute approximate surface area is 252 Å². The normalized spacial score (nSPS) is 16.8. The molecule has 2 amide bonds. The van der Waals surface area contributed by atoms with E-state index >= 15 is 4.39 Å². The molecule has 0 aliphatic carbocycles. The molecule has 43 heavy (non-hydrogen) atoms. The molecular formula is C36H38FN3O3. The average Bonchev–Trinajstić information content (AvgIpc) is 3.04. The van der Waals surface area contributed by atoms with Crippen molar-refractivity contribution in [2.45, 2.75) is 56.9 Å². The number of hydrogen-bond acceptors (Lipinski definition) is 4. The van der Waals surface area contributed by atoms with E-state index in [-0.39, 0.29) is 17.3 Å². The van der Waals surface area contributed by atoms with Crippen LogP contribution in [-0.4, -0.2) is 53.5 Å². The van der Waals surface area contributed by atoms with Crippen molar-refractivity contribution in [1.29, 1.82) is 0 Å². The molecule has 2 saturated heterocycles. The first-order valence-electron chi connectivity index (χ1n) is 15.4. The Bertz CT molecular complexity index is 1590. The van der Waals surface area contributed by atoms with Crippen LogP contribution in [0, 0.1) is 5.82 Å². The van der Waals surface area contributed by atoms with Gasteiger partial charge in [-0.05, 0) is 62.1 Å². The maximum Gasteiger partial charge on any atom is 0.252 e. The SMILES string of the molecule is O=C(NCCCc1ccccc1)c1c(CC2(N3CCCCC3=O)CCOCC2)c(-c2ccccc2)nc2c(F)cccc12. The number of nitrogens with one attached hydrogen (secondary N) is 1. The van der Waals surface area contributed by atoms with Crippen LogP contribution in [0.1, 0.15) is 60.0 Å². The van der Waals surface area contributed by atoms with E-state index in [0.29, 0.717) is 68.6 Å². The number of fused-ring (bicyclic) bond motifs is 1. The quantitative estimate of drug-likeness (QED) is 0.230. The highest BCUT2D eigenvalue weighted by atomic mass is 19.1. The minimum atomic E-state index is -0.510. The molecule has 2 aliphatic heterocycles. The minimum absolute atomic E-state index is 0.154. The molecule has 0 saturated carbocycles. The Morgan fingerprint density at radius 2 is 1.70 bits per heavy atom. The van der Waals surface area contributed by atoms with Gasteiger partial charge in [-0.1, -0.05) is 72.8 Å². The third-order valence-corrected chi connectivity index (χ3v) is 8.94. The molecule has 1 aromatic heterocycles. The third-order valence-electron chi connectivity index (χ3n) is 8.94. The number of halogens is 1. The lowest BCUT2D eigenvalue weighted by molar-refractivity contribution is -0.145. The van der Waals surface area contributed by atoms with E-state index in [9.17, 15) is 9.59 Å². The Balaban J connectivity index is 1.45. The van der Waals surface area contributed by atoms with Crippen LogP contribution in [0.15, 0.2) is 78.9 Å². The Morgan fingerprint density at radius 1 is 0.953 bits per heavy atom. The first-order chi connectivity index (χ1) is 21.1. The second kappa shape index (κ2) is 13.0. The van der Waals surface area contributed by atoms with Crippen molar-refractivity contribution in [1.82, 2.24) is 15.2 Å². The van der Waals surface area contributed by atoms with Gasteiger partial charge in [0.2, 0.25) is 5.91 Å². The second-order valence-electron chi connectivity index (χ2n) is 11.7. The molecular weight excluding hydrogens is 541 g/mol. The van der Waals surface area contributed by atoms with Crippen molar-refractivity contribution < 1.29 is 18.7 Å². The highest BCUT2D eigenvalue weighted by Crippen LogP contribution is 2.40. The molecule has 0 bridgehead atoms. The van der Waals surface area contributed by atoms with Gasteiger partial charge in [-0.15, -0.1) is 0 Å². The van der Waals surface area contributed by atoms with Gasteiger partial charge in [0.15, 0.2) is 0 Å².